The van der Waals surface area contributed by atoms with Gasteiger partial charge in [-0.15, -0.1) is 0 Å². The molecule has 0 spiro atoms. The van der Waals surface area contributed by atoms with Crippen LogP contribution in [-0.4, -0.2) is 36.8 Å². The Morgan fingerprint density at radius 2 is 1.78 bits per heavy atom. The van der Waals surface area contributed by atoms with Gasteiger partial charge >= 0.3 is 0 Å². The second-order valence-corrected chi connectivity index (χ2v) is 7.57. The number of rotatable bonds is 6. The number of thiocarbonyl (C=S) groups is 1. The maximum atomic E-state index is 5.53. The molecule has 2 N–H and O–H groups in total. The summed E-state index contributed by atoms with van der Waals surface area (Å²) < 4.78 is 5.30. The highest BCUT2D eigenvalue weighted by Gasteiger charge is 2.23. The highest BCUT2D eigenvalue weighted by atomic mass is 32.1. The lowest BCUT2D eigenvalue weighted by Gasteiger charge is -2.29. The molecule has 1 saturated heterocycles. The maximum Gasteiger partial charge on any atom is 0.170 e. The van der Waals surface area contributed by atoms with Crippen LogP contribution < -0.4 is 15.4 Å². The molecule has 1 heterocycles. The van der Waals surface area contributed by atoms with Crippen LogP contribution in [0.4, 0.5) is 5.69 Å². The van der Waals surface area contributed by atoms with Crippen LogP contribution in [0, 0.1) is 13.8 Å². The largest absolute Gasteiger partial charge is 0.497 e. The summed E-state index contributed by atoms with van der Waals surface area (Å²) >= 11 is 5.53. The highest BCUT2D eigenvalue weighted by molar-refractivity contribution is 7.80. The second kappa shape index (κ2) is 9.20. The van der Waals surface area contributed by atoms with Crippen LogP contribution in [0.15, 0.2) is 42.5 Å². The number of likely N-dealkylation sites (tertiary alicyclic amines) is 1. The SMILES string of the molecule is COc1ccc(C(CNC(=S)Nc2ccc(C)c(C)c2)N2CCCC2)cc1. The molecule has 0 aliphatic carbocycles. The number of ether oxygens (including phenoxy) is 1. The zero-order chi connectivity index (χ0) is 19.2. The van der Waals surface area contributed by atoms with E-state index in [-0.39, 0.29) is 0 Å². The number of hydrogen-bond acceptors (Lipinski definition) is 3. The Bertz CT molecular complexity index is 770. The number of benzene rings is 2. The summed E-state index contributed by atoms with van der Waals surface area (Å²) in [4.78, 5) is 2.54. The Kier molecular flexibility index (Phi) is 6.69. The van der Waals surface area contributed by atoms with Gasteiger partial charge in [0.2, 0.25) is 0 Å². The summed E-state index contributed by atoms with van der Waals surface area (Å²) in [6.07, 6.45) is 2.52. The third-order valence-corrected chi connectivity index (χ3v) is 5.55. The van der Waals surface area contributed by atoms with Crippen molar-refractivity contribution in [3.8, 4) is 5.75 Å². The lowest BCUT2D eigenvalue weighted by Crippen LogP contribution is -2.38. The van der Waals surface area contributed by atoms with E-state index in [4.69, 9.17) is 17.0 Å². The van der Waals surface area contributed by atoms with Crippen molar-refractivity contribution in [3.63, 3.8) is 0 Å². The smallest absolute Gasteiger partial charge is 0.170 e. The average Bonchev–Trinajstić information content (AvgIpc) is 3.20. The molecular weight excluding hydrogens is 354 g/mol. The van der Waals surface area contributed by atoms with E-state index in [0.29, 0.717) is 11.2 Å². The van der Waals surface area contributed by atoms with E-state index in [9.17, 15) is 0 Å². The van der Waals surface area contributed by atoms with E-state index in [1.165, 1.54) is 29.5 Å². The first-order valence-electron chi connectivity index (χ1n) is 9.57. The Balaban J connectivity index is 1.64. The van der Waals surface area contributed by atoms with Crippen molar-refractivity contribution >= 4 is 23.0 Å². The molecule has 2 aromatic carbocycles. The molecule has 4 nitrogen and oxygen atoms in total. The average molecular weight is 384 g/mol. The zero-order valence-corrected chi connectivity index (χ0v) is 17.2. The minimum absolute atomic E-state index is 0.304. The summed E-state index contributed by atoms with van der Waals surface area (Å²) in [5.41, 5.74) is 4.86. The molecule has 1 aliphatic rings. The molecule has 0 bridgehead atoms. The van der Waals surface area contributed by atoms with Crippen molar-refractivity contribution < 1.29 is 4.74 Å². The van der Waals surface area contributed by atoms with Crippen LogP contribution in [0.5, 0.6) is 5.75 Å². The highest BCUT2D eigenvalue weighted by Crippen LogP contribution is 2.26. The number of methoxy groups -OCH3 is 1. The number of aryl methyl sites for hydroxylation is 2. The van der Waals surface area contributed by atoms with Crippen LogP contribution in [0.1, 0.15) is 35.6 Å². The molecular formula is C22H29N3OS. The molecule has 3 rings (SSSR count). The second-order valence-electron chi connectivity index (χ2n) is 7.17. The standard InChI is InChI=1S/C22H29N3OS/c1-16-6-9-19(14-17(16)2)24-22(27)23-15-21(25-12-4-5-13-25)18-7-10-20(26-3)11-8-18/h6-11,14,21H,4-5,12-13,15H2,1-3H3,(H2,23,24,27). The molecule has 0 saturated carbocycles. The first-order chi connectivity index (χ1) is 13.1. The lowest BCUT2D eigenvalue weighted by atomic mass is 10.1. The van der Waals surface area contributed by atoms with Crippen LogP contribution in [0.3, 0.4) is 0 Å². The topological polar surface area (TPSA) is 36.5 Å². The quantitative estimate of drug-likeness (QED) is 0.722. The molecule has 2 aromatic rings. The zero-order valence-electron chi connectivity index (χ0n) is 16.4. The van der Waals surface area contributed by atoms with Crippen LogP contribution in [-0.2, 0) is 0 Å². The first-order valence-corrected chi connectivity index (χ1v) is 9.98. The number of nitrogens with one attached hydrogen (secondary N) is 2. The van der Waals surface area contributed by atoms with Gasteiger partial charge < -0.3 is 15.4 Å². The van der Waals surface area contributed by atoms with Crippen molar-refractivity contribution in [2.24, 2.45) is 0 Å². The fourth-order valence-corrected chi connectivity index (χ4v) is 3.72. The Hall–Kier alpha value is -2.11. The summed E-state index contributed by atoms with van der Waals surface area (Å²) in [6, 6.07) is 15.0. The van der Waals surface area contributed by atoms with E-state index in [1.807, 2.05) is 12.1 Å². The monoisotopic (exact) mass is 383 g/mol. The number of hydrogen-bond donors (Lipinski definition) is 2. The molecule has 0 aromatic heterocycles. The van der Waals surface area contributed by atoms with Crippen LogP contribution in [0.2, 0.25) is 0 Å². The summed E-state index contributed by atoms with van der Waals surface area (Å²) in [7, 11) is 1.70. The van der Waals surface area contributed by atoms with Gasteiger partial charge in [0, 0.05) is 12.2 Å². The Labute approximate surface area is 167 Å². The molecule has 144 valence electrons. The molecule has 1 atom stereocenters. The summed E-state index contributed by atoms with van der Waals surface area (Å²) in [5.74, 6) is 0.888. The van der Waals surface area contributed by atoms with Gasteiger partial charge in [0.25, 0.3) is 0 Å². The molecule has 27 heavy (non-hydrogen) atoms. The van der Waals surface area contributed by atoms with E-state index < -0.39 is 0 Å². The summed E-state index contributed by atoms with van der Waals surface area (Å²) in [6.45, 7) is 7.28. The van der Waals surface area contributed by atoms with Gasteiger partial charge in [0.15, 0.2) is 5.11 Å². The maximum absolute atomic E-state index is 5.53. The first kappa shape index (κ1) is 19.6. The minimum Gasteiger partial charge on any atom is -0.497 e. The van der Waals surface area contributed by atoms with Crippen LogP contribution in [0.25, 0.3) is 0 Å². The molecule has 5 heteroatoms. The van der Waals surface area contributed by atoms with Crippen molar-refractivity contribution in [1.82, 2.24) is 10.2 Å². The van der Waals surface area contributed by atoms with E-state index in [0.717, 1.165) is 31.1 Å². The fraction of sp³-hybridized carbons (Fsp3) is 0.409. The van der Waals surface area contributed by atoms with E-state index in [1.54, 1.807) is 7.11 Å². The molecule has 1 fully saturated rings. The molecule has 0 amide bonds. The Morgan fingerprint density at radius 1 is 1.07 bits per heavy atom. The Morgan fingerprint density at radius 3 is 2.41 bits per heavy atom. The lowest BCUT2D eigenvalue weighted by molar-refractivity contribution is 0.246. The van der Waals surface area contributed by atoms with E-state index >= 15 is 0 Å². The van der Waals surface area contributed by atoms with Crippen molar-refractivity contribution in [1.29, 1.82) is 0 Å². The van der Waals surface area contributed by atoms with Gasteiger partial charge in [-0.1, -0.05) is 18.2 Å². The van der Waals surface area contributed by atoms with Gasteiger partial charge in [-0.3, -0.25) is 4.90 Å². The van der Waals surface area contributed by atoms with Crippen LogP contribution >= 0.6 is 12.2 Å². The van der Waals surface area contributed by atoms with Crippen molar-refractivity contribution in [2.45, 2.75) is 32.7 Å². The van der Waals surface area contributed by atoms with Crippen molar-refractivity contribution in [2.75, 3.05) is 32.1 Å². The molecule has 0 radical (unpaired) electrons. The summed E-state index contributed by atoms with van der Waals surface area (Å²) in [5, 5.41) is 7.39. The van der Waals surface area contributed by atoms with Crippen molar-refractivity contribution in [3.05, 3.63) is 59.2 Å². The number of anilines is 1. The molecule has 1 aliphatic heterocycles. The predicted molar refractivity (Wildman–Crippen MR) is 117 cm³/mol. The van der Waals surface area contributed by atoms with Gasteiger partial charge in [-0.05, 0) is 93.0 Å². The number of nitrogens with zero attached hydrogens (tertiary/aromatic N) is 1. The third-order valence-electron chi connectivity index (χ3n) is 5.30. The normalized spacial score (nSPS) is 15.4. The third kappa shape index (κ3) is 5.21. The fourth-order valence-electron chi connectivity index (χ4n) is 3.52. The van der Waals surface area contributed by atoms with Gasteiger partial charge in [-0.2, -0.15) is 0 Å². The van der Waals surface area contributed by atoms with Gasteiger partial charge in [-0.25, -0.2) is 0 Å². The predicted octanol–water partition coefficient (Wildman–Crippen LogP) is 4.44. The van der Waals surface area contributed by atoms with Gasteiger partial charge in [0.05, 0.1) is 13.2 Å². The molecule has 1 unspecified atom stereocenters. The van der Waals surface area contributed by atoms with Gasteiger partial charge in [0.1, 0.15) is 5.75 Å². The van der Waals surface area contributed by atoms with E-state index in [2.05, 4.69) is 59.7 Å². The minimum atomic E-state index is 0.304.